The minimum Gasteiger partial charge on any atom is -0.359 e. The monoisotopic (exact) mass is 595 g/mol. The SMILES string of the molecule is CCC(Nc1cc(C(F)F)c(-c2sc(C(=O)NC3CS(=O)(=O)C3)nc2C(=O)N2CCC[C@@H]2C)cn1)C(F)(F)F. The van der Waals surface area contributed by atoms with Crippen LogP contribution >= 0.6 is 11.3 Å². The molecule has 214 valence electrons. The summed E-state index contributed by atoms with van der Waals surface area (Å²) >= 11 is 0.652. The van der Waals surface area contributed by atoms with Gasteiger partial charge in [-0.05, 0) is 32.3 Å². The normalized spacial score (nSPS) is 20.1. The van der Waals surface area contributed by atoms with Crippen LogP contribution in [-0.4, -0.2) is 77.5 Å². The number of amides is 2. The van der Waals surface area contributed by atoms with E-state index >= 15 is 0 Å². The quantitative estimate of drug-likeness (QED) is 0.442. The van der Waals surface area contributed by atoms with E-state index in [0.29, 0.717) is 17.9 Å². The lowest BCUT2D eigenvalue weighted by molar-refractivity contribution is -0.142. The molecule has 0 spiro atoms. The van der Waals surface area contributed by atoms with Gasteiger partial charge in [-0.15, -0.1) is 11.3 Å². The molecule has 0 aliphatic carbocycles. The third-order valence-corrected chi connectivity index (χ3v) is 9.53. The zero-order valence-electron chi connectivity index (χ0n) is 20.9. The van der Waals surface area contributed by atoms with Crippen molar-refractivity contribution in [2.45, 2.75) is 63.8 Å². The molecule has 2 aromatic rings. The Bertz CT molecular complexity index is 1350. The first-order valence-electron chi connectivity index (χ1n) is 12.1. The second kappa shape index (κ2) is 10.9. The van der Waals surface area contributed by atoms with Crippen LogP contribution in [0.2, 0.25) is 0 Å². The van der Waals surface area contributed by atoms with Crippen molar-refractivity contribution in [3.05, 3.63) is 28.5 Å². The second-order valence-corrected chi connectivity index (χ2v) is 12.7. The highest BCUT2D eigenvalue weighted by Gasteiger charge is 2.39. The number of anilines is 1. The van der Waals surface area contributed by atoms with Crippen molar-refractivity contribution in [3.8, 4) is 10.4 Å². The lowest BCUT2D eigenvalue weighted by Gasteiger charge is -2.25. The number of hydrogen-bond acceptors (Lipinski definition) is 8. The van der Waals surface area contributed by atoms with Gasteiger partial charge in [-0.25, -0.2) is 27.2 Å². The lowest BCUT2D eigenvalue weighted by Crippen LogP contribution is -2.52. The number of alkyl halides is 5. The minimum atomic E-state index is -4.63. The molecule has 2 amide bonds. The Morgan fingerprint density at radius 2 is 1.95 bits per heavy atom. The number of nitrogens with one attached hydrogen (secondary N) is 2. The molecule has 0 saturated carbocycles. The molecule has 4 rings (SSSR count). The Balaban J connectivity index is 1.73. The van der Waals surface area contributed by atoms with E-state index in [2.05, 4.69) is 20.6 Å². The van der Waals surface area contributed by atoms with Gasteiger partial charge in [0.15, 0.2) is 14.8 Å². The highest BCUT2D eigenvalue weighted by molar-refractivity contribution is 7.92. The maximum Gasteiger partial charge on any atom is 0.408 e. The van der Waals surface area contributed by atoms with Gasteiger partial charge in [0, 0.05) is 29.9 Å². The van der Waals surface area contributed by atoms with Gasteiger partial charge < -0.3 is 15.5 Å². The Kier molecular flexibility index (Phi) is 8.17. The molecule has 2 aliphatic rings. The van der Waals surface area contributed by atoms with Gasteiger partial charge in [0.25, 0.3) is 18.2 Å². The first-order chi connectivity index (χ1) is 18.2. The van der Waals surface area contributed by atoms with Crippen molar-refractivity contribution < 1.29 is 40.0 Å². The Morgan fingerprint density at radius 3 is 2.49 bits per heavy atom. The minimum absolute atomic E-state index is 0.0808. The summed E-state index contributed by atoms with van der Waals surface area (Å²) in [7, 11) is -3.23. The molecule has 16 heteroatoms. The fourth-order valence-electron chi connectivity index (χ4n) is 4.52. The largest absolute Gasteiger partial charge is 0.408 e. The molecule has 0 radical (unpaired) electrons. The van der Waals surface area contributed by atoms with Crippen LogP contribution in [0.25, 0.3) is 10.4 Å². The van der Waals surface area contributed by atoms with Crippen molar-refractivity contribution in [3.63, 3.8) is 0 Å². The molecule has 0 aromatic carbocycles. The van der Waals surface area contributed by atoms with Gasteiger partial charge >= 0.3 is 6.18 Å². The van der Waals surface area contributed by atoms with Crippen LogP contribution in [0.15, 0.2) is 12.3 Å². The van der Waals surface area contributed by atoms with E-state index in [9.17, 15) is 40.0 Å². The second-order valence-electron chi connectivity index (χ2n) is 9.54. The molecule has 4 heterocycles. The van der Waals surface area contributed by atoms with Gasteiger partial charge in [0.05, 0.1) is 22.4 Å². The number of hydrogen-bond donors (Lipinski definition) is 2. The molecule has 2 atom stereocenters. The van der Waals surface area contributed by atoms with Gasteiger partial charge in [0.1, 0.15) is 17.6 Å². The fourth-order valence-corrected chi connectivity index (χ4v) is 6.81. The van der Waals surface area contributed by atoms with Crippen molar-refractivity contribution in [2.75, 3.05) is 23.4 Å². The molecule has 2 aromatic heterocycles. The van der Waals surface area contributed by atoms with Gasteiger partial charge in [-0.3, -0.25) is 9.59 Å². The fraction of sp³-hybridized carbons (Fsp3) is 0.565. The predicted octanol–water partition coefficient (Wildman–Crippen LogP) is 4.05. The van der Waals surface area contributed by atoms with Crippen molar-refractivity contribution in [2.24, 2.45) is 0 Å². The highest BCUT2D eigenvalue weighted by Crippen LogP contribution is 2.39. The van der Waals surface area contributed by atoms with Crippen LogP contribution in [0.3, 0.4) is 0 Å². The molecule has 0 bridgehead atoms. The first kappa shape index (κ1) is 29.1. The van der Waals surface area contributed by atoms with Crippen LogP contribution in [0.5, 0.6) is 0 Å². The summed E-state index contributed by atoms with van der Waals surface area (Å²) in [5, 5.41) is 4.40. The first-order valence-corrected chi connectivity index (χ1v) is 14.8. The Hall–Kier alpha value is -2.88. The van der Waals surface area contributed by atoms with Crippen molar-refractivity contribution in [1.82, 2.24) is 20.2 Å². The highest BCUT2D eigenvalue weighted by atomic mass is 32.2. The van der Waals surface area contributed by atoms with Gasteiger partial charge in [-0.1, -0.05) is 6.92 Å². The number of aromatic nitrogens is 2. The van der Waals surface area contributed by atoms with E-state index in [0.717, 1.165) is 25.1 Å². The smallest absolute Gasteiger partial charge is 0.359 e. The third kappa shape index (κ3) is 6.31. The summed E-state index contributed by atoms with van der Waals surface area (Å²) in [5.41, 5.74) is -1.19. The van der Waals surface area contributed by atoms with Crippen molar-refractivity contribution in [1.29, 1.82) is 0 Å². The van der Waals surface area contributed by atoms with Gasteiger partial charge in [-0.2, -0.15) is 13.2 Å². The molecular weight excluding hydrogens is 569 g/mol. The number of halogens is 5. The van der Waals surface area contributed by atoms with Crippen LogP contribution in [-0.2, 0) is 9.84 Å². The summed E-state index contributed by atoms with van der Waals surface area (Å²) in [6.45, 7) is 3.50. The lowest BCUT2D eigenvalue weighted by atomic mass is 10.1. The molecule has 2 N–H and O–H groups in total. The maximum absolute atomic E-state index is 14.2. The summed E-state index contributed by atoms with van der Waals surface area (Å²) in [6.07, 6.45) is -5.77. The zero-order valence-corrected chi connectivity index (χ0v) is 22.5. The molecule has 2 fully saturated rings. The number of sulfone groups is 1. The van der Waals surface area contributed by atoms with Crippen molar-refractivity contribution >= 4 is 38.8 Å². The maximum atomic E-state index is 14.2. The third-order valence-electron chi connectivity index (χ3n) is 6.62. The van der Waals surface area contributed by atoms with E-state index in [1.54, 1.807) is 0 Å². The topological polar surface area (TPSA) is 121 Å². The molecule has 2 saturated heterocycles. The summed E-state index contributed by atoms with van der Waals surface area (Å²) in [4.78, 5) is 35.7. The van der Waals surface area contributed by atoms with Gasteiger partial charge in [0.2, 0.25) is 0 Å². The number of nitrogens with zero attached hydrogens (tertiary/aromatic N) is 3. The molecule has 9 nitrogen and oxygen atoms in total. The van der Waals surface area contributed by atoms with Crippen LogP contribution in [0.4, 0.5) is 27.8 Å². The number of carbonyl (C=O) groups excluding carboxylic acids is 2. The summed E-state index contributed by atoms with van der Waals surface area (Å²) in [6, 6.07) is -2.02. The number of thiazole rings is 1. The molecular formula is C23H26F5N5O4S2. The Morgan fingerprint density at radius 1 is 1.26 bits per heavy atom. The van der Waals surface area contributed by atoms with E-state index in [1.165, 1.54) is 11.8 Å². The van der Waals surface area contributed by atoms with E-state index in [-0.39, 0.29) is 45.1 Å². The van der Waals surface area contributed by atoms with E-state index in [4.69, 9.17) is 0 Å². The number of likely N-dealkylation sites (tertiary alicyclic amines) is 1. The summed E-state index contributed by atoms with van der Waals surface area (Å²) < 4.78 is 90.9. The standard InChI is InChI=1S/C23H26F5N5O4S2/c1-3-15(23(26,27)28)31-16-7-13(19(24)25)14(8-29-16)18-17(22(35)33-6-4-5-11(33)2)32-21(38-18)20(34)30-12-9-39(36,37)10-12/h7-8,11-12,15,19H,3-6,9-10H2,1-2H3,(H,29,31)(H,30,34)/t11-,15?/m0/s1. The number of rotatable bonds is 8. The van der Waals surface area contributed by atoms with E-state index in [1.807, 2.05) is 6.92 Å². The van der Waals surface area contributed by atoms with E-state index < -0.39 is 57.7 Å². The van der Waals surface area contributed by atoms with Crippen LogP contribution in [0.1, 0.15) is 65.4 Å². The Labute approximate surface area is 225 Å². The number of pyridine rings is 1. The average Bonchev–Trinajstić information content (AvgIpc) is 3.46. The summed E-state index contributed by atoms with van der Waals surface area (Å²) in [5.74, 6) is -2.28. The zero-order chi connectivity index (χ0) is 28.7. The molecule has 2 aliphatic heterocycles. The van der Waals surface area contributed by atoms with Crippen LogP contribution in [0, 0.1) is 0 Å². The molecule has 1 unspecified atom stereocenters. The predicted molar refractivity (Wildman–Crippen MR) is 134 cm³/mol. The van der Waals surface area contributed by atoms with Crippen LogP contribution < -0.4 is 10.6 Å². The molecule has 39 heavy (non-hydrogen) atoms. The number of carbonyl (C=O) groups is 2. The average molecular weight is 596 g/mol.